The topological polar surface area (TPSA) is 192 Å². The summed E-state index contributed by atoms with van der Waals surface area (Å²) in [5.41, 5.74) is 14.2. The fourth-order valence-corrected chi connectivity index (χ4v) is 3.92. The number of aliphatic hydroxyl groups excluding tert-OH is 2. The number of aryl methyl sites for hydroxylation is 3. The molecule has 1 aliphatic rings. The number of imidazole rings is 1. The molecule has 0 unspecified atom stereocenters. The maximum absolute atomic E-state index is 12.4. The summed E-state index contributed by atoms with van der Waals surface area (Å²) in [6.45, 7) is 4.43. The second-order valence-electron chi connectivity index (χ2n) is 7.96. The van der Waals surface area contributed by atoms with Gasteiger partial charge in [0.2, 0.25) is 11.9 Å². The second-order valence-corrected chi connectivity index (χ2v) is 7.96. The van der Waals surface area contributed by atoms with Crippen molar-refractivity contribution in [2.45, 2.75) is 57.7 Å². The molecule has 13 heteroatoms. The van der Waals surface area contributed by atoms with Crippen LogP contribution < -0.4 is 16.8 Å². The number of nitrogen functional groups attached to an aromatic ring is 2. The van der Waals surface area contributed by atoms with Gasteiger partial charge in [0, 0.05) is 18.7 Å². The van der Waals surface area contributed by atoms with E-state index >= 15 is 0 Å². The number of aromatic nitrogens is 6. The SMILES string of the molecule is Cc1cc(C)n(CCC(=O)N[C@@H]2CO[C@H](Cn3cnc4nc(N)nc(N)c43)[C@@H](O)[C@H]2O)n1. The van der Waals surface area contributed by atoms with Gasteiger partial charge in [0.1, 0.15) is 23.8 Å². The van der Waals surface area contributed by atoms with E-state index in [0.717, 1.165) is 11.4 Å². The molecular weight excluding hydrogens is 418 g/mol. The lowest BCUT2D eigenvalue weighted by molar-refractivity contribution is -0.158. The predicted molar refractivity (Wildman–Crippen MR) is 114 cm³/mol. The number of hydrogen-bond acceptors (Lipinski definition) is 10. The first-order chi connectivity index (χ1) is 15.2. The zero-order valence-electron chi connectivity index (χ0n) is 17.8. The van der Waals surface area contributed by atoms with Gasteiger partial charge in [0.05, 0.1) is 31.2 Å². The van der Waals surface area contributed by atoms with Crippen molar-refractivity contribution < 1.29 is 19.7 Å². The van der Waals surface area contributed by atoms with E-state index in [9.17, 15) is 15.0 Å². The van der Waals surface area contributed by atoms with Gasteiger partial charge < -0.3 is 36.3 Å². The van der Waals surface area contributed by atoms with Crippen molar-refractivity contribution in [2.75, 3.05) is 18.1 Å². The van der Waals surface area contributed by atoms with Crippen LogP contribution in [0.2, 0.25) is 0 Å². The Bertz CT molecular complexity index is 1130. The first kappa shape index (κ1) is 21.9. The van der Waals surface area contributed by atoms with E-state index in [4.69, 9.17) is 16.2 Å². The number of nitrogens with one attached hydrogen (secondary N) is 1. The standard InChI is InChI=1S/C19H27N9O4/c1-9-5-10(2)28(26-9)4-3-13(29)23-11-7-32-12(16(31)15(11)30)6-27-8-22-18-14(27)17(20)24-19(21)25-18/h5,8,11-12,15-16,30-31H,3-4,6-7H2,1-2H3,(H,23,29)(H4,20,21,24,25)/t11-,12-,15+,16-/m1/s1. The predicted octanol–water partition coefficient (Wildman–Crippen LogP) is -1.50. The van der Waals surface area contributed by atoms with Crippen molar-refractivity contribution in [2.24, 2.45) is 0 Å². The Labute approximate surface area is 183 Å². The molecule has 7 N–H and O–H groups in total. The van der Waals surface area contributed by atoms with Crippen molar-refractivity contribution in [3.8, 4) is 0 Å². The fourth-order valence-electron chi connectivity index (χ4n) is 3.92. The molecule has 4 heterocycles. The molecule has 1 amide bonds. The number of ether oxygens (including phenoxy) is 1. The molecule has 172 valence electrons. The Hall–Kier alpha value is -3.29. The van der Waals surface area contributed by atoms with Crippen molar-refractivity contribution in [1.82, 2.24) is 34.6 Å². The first-order valence-corrected chi connectivity index (χ1v) is 10.2. The van der Waals surface area contributed by atoms with Crippen LogP contribution in [0, 0.1) is 13.8 Å². The van der Waals surface area contributed by atoms with Gasteiger partial charge in [-0.1, -0.05) is 0 Å². The van der Waals surface area contributed by atoms with Crippen LogP contribution >= 0.6 is 0 Å². The number of hydrogen-bond donors (Lipinski definition) is 5. The lowest BCUT2D eigenvalue weighted by Gasteiger charge is -2.38. The van der Waals surface area contributed by atoms with Crippen molar-refractivity contribution in [3.05, 3.63) is 23.8 Å². The summed E-state index contributed by atoms with van der Waals surface area (Å²) >= 11 is 0. The third-order valence-electron chi connectivity index (χ3n) is 5.53. The number of fused-ring (bicyclic) bond motifs is 1. The number of nitrogens with zero attached hydrogens (tertiary/aromatic N) is 6. The van der Waals surface area contributed by atoms with Crippen LogP contribution in [0.1, 0.15) is 17.8 Å². The van der Waals surface area contributed by atoms with Crippen LogP contribution in [0.3, 0.4) is 0 Å². The fraction of sp³-hybridized carbons (Fsp3) is 0.526. The monoisotopic (exact) mass is 445 g/mol. The Morgan fingerprint density at radius 1 is 1.28 bits per heavy atom. The number of rotatable bonds is 6. The van der Waals surface area contributed by atoms with E-state index in [1.165, 1.54) is 6.33 Å². The largest absolute Gasteiger partial charge is 0.388 e. The number of amides is 1. The molecule has 0 aliphatic carbocycles. The third kappa shape index (κ3) is 4.35. The Morgan fingerprint density at radius 2 is 2.06 bits per heavy atom. The summed E-state index contributed by atoms with van der Waals surface area (Å²) in [6, 6.07) is 1.20. The molecule has 0 bridgehead atoms. The quantitative estimate of drug-likeness (QED) is 0.298. The van der Waals surface area contributed by atoms with Crippen molar-refractivity contribution in [1.29, 1.82) is 0 Å². The molecule has 1 fully saturated rings. The molecule has 32 heavy (non-hydrogen) atoms. The minimum atomic E-state index is -1.24. The first-order valence-electron chi connectivity index (χ1n) is 10.2. The molecule has 4 atom stereocenters. The van der Waals surface area contributed by atoms with Gasteiger partial charge in [-0.3, -0.25) is 9.48 Å². The van der Waals surface area contributed by atoms with Gasteiger partial charge >= 0.3 is 0 Å². The van der Waals surface area contributed by atoms with Gasteiger partial charge in [-0.05, 0) is 19.9 Å². The molecule has 0 aromatic carbocycles. The van der Waals surface area contributed by atoms with E-state index in [-0.39, 0.29) is 37.2 Å². The maximum atomic E-state index is 12.4. The Balaban J connectivity index is 1.35. The lowest BCUT2D eigenvalue weighted by Crippen LogP contribution is -2.60. The third-order valence-corrected chi connectivity index (χ3v) is 5.53. The summed E-state index contributed by atoms with van der Waals surface area (Å²) < 4.78 is 9.14. The van der Waals surface area contributed by atoms with Crippen molar-refractivity contribution >= 4 is 28.8 Å². The van der Waals surface area contributed by atoms with Crippen LogP contribution in [0.5, 0.6) is 0 Å². The summed E-state index contributed by atoms with van der Waals surface area (Å²) in [4.78, 5) is 24.5. The number of nitrogens with two attached hydrogens (primary N) is 2. The molecule has 1 aliphatic heterocycles. The average molecular weight is 445 g/mol. The Morgan fingerprint density at radius 3 is 2.78 bits per heavy atom. The maximum Gasteiger partial charge on any atom is 0.224 e. The van der Waals surface area contributed by atoms with E-state index < -0.39 is 24.4 Å². The zero-order chi connectivity index (χ0) is 23.0. The smallest absolute Gasteiger partial charge is 0.224 e. The molecule has 0 spiro atoms. The Kier molecular flexibility index (Phi) is 5.95. The van der Waals surface area contributed by atoms with E-state index in [2.05, 4.69) is 25.4 Å². The number of carbonyl (C=O) groups is 1. The lowest BCUT2D eigenvalue weighted by atomic mass is 9.97. The highest BCUT2D eigenvalue weighted by molar-refractivity contribution is 5.82. The van der Waals surface area contributed by atoms with Crippen LogP contribution in [0.4, 0.5) is 11.8 Å². The van der Waals surface area contributed by atoms with E-state index in [1.54, 1.807) is 9.25 Å². The number of anilines is 2. The molecule has 1 saturated heterocycles. The highest BCUT2D eigenvalue weighted by Gasteiger charge is 2.39. The van der Waals surface area contributed by atoms with Gasteiger partial charge in [0.15, 0.2) is 11.5 Å². The van der Waals surface area contributed by atoms with E-state index in [0.29, 0.717) is 17.7 Å². The molecule has 3 aromatic heterocycles. The summed E-state index contributed by atoms with van der Waals surface area (Å²) in [5.74, 6) is -0.0939. The van der Waals surface area contributed by atoms with Crippen LogP contribution in [-0.4, -0.2) is 76.4 Å². The van der Waals surface area contributed by atoms with Gasteiger partial charge in [-0.2, -0.15) is 15.1 Å². The summed E-state index contributed by atoms with van der Waals surface area (Å²) in [7, 11) is 0. The zero-order valence-corrected chi connectivity index (χ0v) is 17.8. The normalized spacial score (nSPS) is 23.5. The van der Waals surface area contributed by atoms with Gasteiger partial charge in [-0.15, -0.1) is 0 Å². The molecule has 3 aromatic rings. The minimum absolute atomic E-state index is 0.0149. The highest BCUT2D eigenvalue weighted by atomic mass is 16.5. The average Bonchev–Trinajstić information content (AvgIpc) is 3.28. The molecular formula is C19H27N9O4. The van der Waals surface area contributed by atoms with Gasteiger partial charge in [0.25, 0.3) is 0 Å². The van der Waals surface area contributed by atoms with E-state index in [1.807, 2.05) is 19.9 Å². The second kappa shape index (κ2) is 8.68. The van der Waals surface area contributed by atoms with Crippen LogP contribution in [0.25, 0.3) is 11.2 Å². The minimum Gasteiger partial charge on any atom is -0.388 e. The summed E-state index contributed by atoms with van der Waals surface area (Å²) in [5, 5.41) is 28.2. The van der Waals surface area contributed by atoms with Crippen molar-refractivity contribution in [3.63, 3.8) is 0 Å². The number of carbonyl (C=O) groups excluding carboxylic acids is 1. The molecule has 13 nitrogen and oxygen atoms in total. The molecule has 0 saturated carbocycles. The summed E-state index contributed by atoms with van der Waals surface area (Å²) in [6.07, 6.45) is -1.51. The van der Waals surface area contributed by atoms with Crippen LogP contribution in [0.15, 0.2) is 12.4 Å². The van der Waals surface area contributed by atoms with Crippen LogP contribution in [-0.2, 0) is 22.6 Å². The van der Waals surface area contributed by atoms with Gasteiger partial charge in [-0.25, -0.2) is 4.98 Å². The highest BCUT2D eigenvalue weighted by Crippen LogP contribution is 2.22. The number of aliphatic hydroxyl groups is 2. The molecule has 0 radical (unpaired) electrons. The molecule has 4 rings (SSSR count).